The van der Waals surface area contributed by atoms with Crippen LogP contribution < -0.4 is 5.32 Å². The van der Waals surface area contributed by atoms with Crippen LogP contribution in [0.3, 0.4) is 0 Å². The normalized spacial score (nSPS) is 20.2. The van der Waals surface area contributed by atoms with Crippen LogP contribution >= 0.6 is 27.5 Å². The molecular formula is C16H23BrClNO. The molecule has 0 bridgehead atoms. The first-order valence-corrected chi connectivity index (χ1v) is 8.67. The van der Waals surface area contributed by atoms with Gasteiger partial charge in [0, 0.05) is 17.1 Å². The van der Waals surface area contributed by atoms with Crippen LogP contribution in [0.15, 0.2) is 22.7 Å². The molecule has 1 saturated heterocycles. The van der Waals surface area contributed by atoms with Gasteiger partial charge in [-0.2, -0.15) is 0 Å². The van der Waals surface area contributed by atoms with E-state index in [-0.39, 0.29) is 0 Å². The maximum Gasteiger partial charge on any atom is 0.0576 e. The summed E-state index contributed by atoms with van der Waals surface area (Å²) in [5.41, 5.74) is 1.30. The van der Waals surface area contributed by atoms with Gasteiger partial charge in [-0.1, -0.05) is 24.6 Å². The molecular weight excluding hydrogens is 338 g/mol. The second-order valence-corrected chi connectivity index (χ2v) is 6.61. The van der Waals surface area contributed by atoms with E-state index in [2.05, 4.69) is 40.3 Å². The van der Waals surface area contributed by atoms with E-state index in [1.54, 1.807) is 0 Å². The van der Waals surface area contributed by atoms with Gasteiger partial charge < -0.3 is 10.1 Å². The summed E-state index contributed by atoms with van der Waals surface area (Å²) in [6.07, 6.45) is 6.47. The van der Waals surface area contributed by atoms with E-state index in [4.69, 9.17) is 16.3 Å². The van der Waals surface area contributed by atoms with Crippen molar-refractivity contribution in [3.05, 3.63) is 33.3 Å². The molecule has 1 N–H and O–H groups in total. The molecule has 20 heavy (non-hydrogen) atoms. The third kappa shape index (κ3) is 4.73. The Kier molecular flexibility index (Phi) is 6.82. The maximum absolute atomic E-state index is 6.07. The van der Waals surface area contributed by atoms with Crippen LogP contribution in [-0.4, -0.2) is 19.3 Å². The van der Waals surface area contributed by atoms with Gasteiger partial charge in [-0.05, 0) is 72.3 Å². The van der Waals surface area contributed by atoms with Gasteiger partial charge in [0.25, 0.3) is 0 Å². The number of ether oxygens (including phenoxy) is 1. The zero-order chi connectivity index (χ0) is 14.4. The molecule has 0 spiro atoms. The zero-order valence-corrected chi connectivity index (χ0v) is 14.3. The molecule has 0 saturated carbocycles. The van der Waals surface area contributed by atoms with Crippen molar-refractivity contribution in [3.8, 4) is 0 Å². The Bertz CT molecular complexity index is 421. The molecule has 0 amide bonds. The van der Waals surface area contributed by atoms with Crippen LogP contribution in [0.4, 0.5) is 0 Å². The van der Waals surface area contributed by atoms with Crippen molar-refractivity contribution >= 4 is 27.5 Å². The van der Waals surface area contributed by atoms with Crippen LogP contribution in [-0.2, 0) is 4.74 Å². The lowest BCUT2D eigenvalue weighted by Crippen LogP contribution is -2.21. The van der Waals surface area contributed by atoms with Crippen molar-refractivity contribution in [3.63, 3.8) is 0 Å². The van der Waals surface area contributed by atoms with E-state index in [0.29, 0.717) is 12.1 Å². The van der Waals surface area contributed by atoms with Gasteiger partial charge in [-0.3, -0.25) is 0 Å². The molecule has 2 rings (SSSR count). The Hall–Kier alpha value is -0.0900. The van der Waals surface area contributed by atoms with Crippen LogP contribution in [0.25, 0.3) is 0 Å². The molecule has 0 radical (unpaired) electrons. The topological polar surface area (TPSA) is 21.3 Å². The molecule has 2 unspecified atom stereocenters. The largest absolute Gasteiger partial charge is 0.378 e. The van der Waals surface area contributed by atoms with E-state index in [0.717, 1.165) is 29.1 Å². The average Bonchev–Trinajstić information content (AvgIpc) is 2.94. The average molecular weight is 361 g/mol. The highest BCUT2D eigenvalue weighted by atomic mass is 79.9. The van der Waals surface area contributed by atoms with Gasteiger partial charge in [-0.25, -0.2) is 0 Å². The van der Waals surface area contributed by atoms with Crippen LogP contribution in [0.5, 0.6) is 0 Å². The first kappa shape index (κ1) is 16.3. The molecule has 0 aliphatic carbocycles. The standard InChI is InChI=1S/C16H23BrClNO/c1-2-19-16(7-3-5-13-6-4-10-20-13)12-8-9-15(18)14(17)11-12/h8-9,11,13,16,19H,2-7,10H2,1H3. The Balaban J connectivity index is 1.89. The zero-order valence-electron chi connectivity index (χ0n) is 12.0. The summed E-state index contributed by atoms with van der Waals surface area (Å²) >= 11 is 9.58. The number of hydrogen-bond acceptors (Lipinski definition) is 2. The van der Waals surface area contributed by atoms with Gasteiger partial charge in [0.15, 0.2) is 0 Å². The summed E-state index contributed by atoms with van der Waals surface area (Å²) in [7, 11) is 0. The molecule has 1 fully saturated rings. The van der Waals surface area contributed by atoms with Crippen molar-refractivity contribution < 1.29 is 4.74 Å². The second-order valence-electron chi connectivity index (χ2n) is 5.35. The maximum atomic E-state index is 6.07. The summed E-state index contributed by atoms with van der Waals surface area (Å²) in [5, 5.41) is 4.33. The Labute approximate surface area is 135 Å². The SMILES string of the molecule is CCNC(CCCC1CCCO1)c1ccc(Cl)c(Br)c1. The number of benzene rings is 1. The van der Waals surface area contributed by atoms with Crippen LogP contribution in [0.2, 0.25) is 5.02 Å². The fourth-order valence-electron chi connectivity index (χ4n) is 2.78. The molecule has 4 heteroatoms. The lowest BCUT2D eigenvalue weighted by Gasteiger charge is -2.20. The summed E-state index contributed by atoms with van der Waals surface area (Å²) in [4.78, 5) is 0. The predicted molar refractivity (Wildman–Crippen MR) is 88.4 cm³/mol. The van der Waals surface area contributed by atoms with Gasteiger partial charge in [-0.15, -0.1) is 0 Å². The molecule has 1 aromatic carbocycles. The van der Waals surface area contributed by atoms with E-state index in [1.807, 2.05) is 6.07 Å². The molecule has 1 heterocycles. The van der Waals surface area contributed by atoms with E-state index in [9.17, 15) is 0 Å². The number of hydrogen-bond donors (Lipinski definition) is 1. The molecule has 2 atom stereocenters. The first-order chi connectivity index (χ1) is 9.70. The van der Waals surface area contributed by atoms with Gasteiger partial charge in [0.2, 0.25) is 0 Å². The highest BCUT2D eigenvalue weighted by molar-refractivity contribution is 9.10. The Morgan fingerprint density at radius 2 is 2.35 bits per heavy atom. The lowest BCUT2D eigenvalue weighted by atomic mass is 9.99. The quantitative estimate of drug-likeness (QED) is 0.730. The molecule has 1 aliphatic rings. The van der Waals surface area contributed by atoms with Crippen molar-refractivity contribution in [2.24, 2.45) is 0 Å². The fraction of sp³-hybridized carbons (Fsp3) is 0.625. The highest BCUT2D eigenvalue weighted by Crippen LogP contribution is 2.29. The third-order valence-corrected chi connectivity index (χ3v) is 5.05. The Morgan fingerprint density at radius 3 is 3.00 bits per heavy atom. The highest BCUT2D eigenvalue weighted by Gasteiger charge is 2.17. The first-order valence-electron chi connectivity index (χ1n) is 7.50. The summed E-state index contributed by atoms with van der Waals surface area (Å²) < 4.78 is 6.66. The van der Waals surface area contributed by atoms with Gasteiger partial charge in [0.05, 0.1) is 11.1 Å². The molecule has 0 aromatic heterocycles. The molecule has 1 aromatic rings. The fourth-order valence-corrected chi connectivity index (χ4v) is 3.30. The van der Waals surface area contributed by atoms with Gasteiger partial charge >= 0.3 is 0 Å². The minimum Gasteiger partial charge on any atom is -0.378 e. The van der Waals surface area contributed by atoms with Crippen molar-refractivity contribution in [1.29, 1.82) is 0 Å². The van der Waals surface area contributed by atoms with Gasteiger partial charge in [0.1, 0.15) is 0 Å². The van der Waals surface area contributed by atoms with Crippen molar-refractivity contribution in [2.75, 3.05) is 13.2 Å². The van der Waals surface area contributed by atoms with Crippen molar-refractivity contribution in [2.45, 2.75) is 51.2 Å². The second kappa shape index (κ2) is 8.38. The summed E-state index contributed by atoms with van der Waals surface area (Å²) in [6.45, 7) is 4.08. The monoisotopic (exact) mass is 359 g/mol. The van der Waals surface area contributed by atoms with Crippen LogP contribution in [0, 0.1) is 0 Å². The Morgan fingerprint density at radius 1 is 1.50 bits per heavy atom. The summed E-state index contributed by atoms with van der Waals surface area (Å²) in [6, 6.07) is 6.61. The molecule has 112 valence electrons. The third-order valence-electron chi connectivity index (χ3n) is 3.84. The van der Waals surface area contributed by atoms with Crippen LogP contribution in [0.1, 0.15) is 50.6 Å². The van der Waals surface area contributed by atoms with E-state index in [1.165, 1.54) is 31.2 Å². The number of nitrogens with one attached hydrogen (secondary N) is 1. The molecule has 1 aliphatic heterocycles. The summed E-state index contributed by atoms with van der Waals surface area (Å²) in [5.74, 6) is 0. The van der Waals surface area contributed by atoms with E-state index < -0.39 is 0 Å². The number of halogens is 2. The number of rotatable bonds is 7. The van der Waals surface area contributed by atoms with Crippen molar-refractivity contribution in [1.82, 2.24) is 5.32 Å². The minimum atomic E-state index is 0.398. The minimum absolute atomic E-state index is 0.398. The predicted octanol–water partition coefficient (Wildman–Crippen LogP) is 5.10. The van der Waals surface area contributed by atoms with E-state index >= 15 is 0 Å². The lowest BCUT2D eigenvalue weighted by molar-refractivity contribution is 0.101. The molecule has 2 nitrogen and oxygen atoms in total. The smallest absolute Gasteiger partial charge is 0.0576 e.